The molecule has 150 valence electrons. The van der Waals surface area contributed by atoms with E-state index in [9.17, 15) is 14.4 Å². The molecule has 0 bridgehead atoms. The first-order valence-corrected chi connectivity index (χ1v) is 10.1. The maximum atomic E-state index is 13.2. The molecule has 5 heteroatoms. The molecule has 0 radical (unpaired) electrons. The Kier molecular flexibility index (Phi) is 5.26. The minimum Gasteiger partial charge on any atom is -0.469 e. The lowest BCUT2D eigenvalue weighted by molar-refractivity contribution is -0.178. The summed E-state index contributed by atoms with van der Waals surface area (Å²) in [5.41, 5.74) is 0.378. The SMILES string of the molecule is COC(=O)/C=C1\CC[C@H]2[C@@H](C(=O)C[C@@H]3[C@]2(C)CCC[C@@]3(C)C(=O)OC)C1C. The van der Waals surface area contributed by atoms with Gasteiger partial charge >= 0.3 is 11.9 Å². The molecule has 27 heavy (non-hydrogen) atoms. The summed E-state index contributed by atoms with van der Waals surface area (Å²) in [6.45, 7) is 6.34. The Morgan fingerprint density at radius 1 is 1.15 bits per heavy atom. The summed E-state index contributed by atoms with van der Waals surface area (Å²) in [7, 11) is 2.82. The van der Waals surface area contributed by atoms with Gasteiger partial charge in [0.15, 0.2) is 0 Å². The molecular weight excluding hydrogens is 344 g/mol. The largest absolute Gasteiger partial charge is 0.469 e. The number of allylic oxidation sites excluding steroid dienone is 1. The van der Waals surface area contributed by atoms with Gasteiger partial charge in [0.1, 0.15) is 5.78 Å². The maximum Gasteiger partial charge on any atom is 0.330 e. The summed E-state index contributed by atoms with van der Waals surface area (Å²) in [4.78, 5) is 37.6. The lowest BCUT2D eigenvalue weighted by atomic mass is 9.43. The first-order chi connectivity index (χ1) is 12.7. The first kappa shape index (κ1) is 20.1. The van der Waals surface area contributed by atoms with Crippen LogP contribution in [0.1, 0.15) is 59.3 Å². The molecular formula is C22H32O5. The van der Waals surface area contributed by atoms with E-state index in [-0.39, 0.29) is 46.8 Å². The Bertz CT molecular complexity index is 680. The second kappa shape index (κ2) is 7.06. The molecule has 6 atom stereocenters. The van der Waals surface area contributed by atoms with Crippen LogP contribution >= 0.6 is 0 Å². The monoisotopic (exact) mass is 376 g/mol. The van der Waals surface area contributed by atoms with Crippen molar-refractivity contribution in [2.24, 2.45) is 34.5 Å². The number of hydrogen-bond donors (Lipinski definition) is 0. The summed E-state index contributed by atoms with van der Waals surface area (Å²) in [6, 6.07) is 0. The highest BCUT2D eigenvalue weighted by molar-refractivity contribution is 5.87. The van der Waals surface area contributed by atoms with E-state index in [1.165, 1.54) is 14.2 Å². The third-order valence-electron chi connectivity index (χ3n) is 8.06. The standard InChI is InChI=1S/C22H32O5/c1-13-14(11-18(24)26-4)7-8-15-19(13)16(23)12-17-21(15,2)9-6-10-22(17,3)20(25)27-5/h11,13,15,17,19H,6-10,12H2,1-5H3/b14-11+/t13?,15-,17+,19-,21+,22+/m0/s1. The smallest absolute Gasteiger partial charge is 0.330 e. The number of ketones is 1. The summed E-state index contributed by atoms with van der Waals surface area (Å²) in [6.07, 6.45) is 6.50. The van der Waals surface area contributed by atoms with E-state index in [1.807, 2.05) is 6.92 Å². The number of carbonyl (C=O) groups is 3. The van der Waals surface area contributed by atoms with Crippen LogP contribution in [0.5, 0.6) is 0 Å². The normalized spacial score (nSPS) is 42.9. The zero-order valence-electron chi connectivity index (χ0n) is 17.2. The van der Waals surface area contributed by atoms with Crippen LogP contribution in [-0.2, 0) is 23.9 Å². The van der Waals surface area contributed by atoms with Crippen molar-refractivity contribution in [3.8, 4) is 0 Å². The lowest BCUT2D eigenvalue weighted by Gasteiger charge is -2.60. The van der Waals surface area contributed by atoms with Gasteiger partial charge in [-0.1, -0.05) is 25.8 Å². The molecule has 5 nitrogen and oxygen atoms in total. The van der Waals surface area contributed by atoms with E-state index in [0.717, 1.165) is 37.7 Å². The number of hydrogen-bond acceptors (Lipinski definition) is 5. The zero-order chi connectivity index (χ0) is 20.0. The molecule has 3 aliphatic rings. The lowest BCUT2D eigenvalue weighted by Crippen LogP contribution is -2.59. The third kappa shape index (κ3) is 3.03. The Balaban J connectivity index is 1.96. The number of carbonyl (C=O) groups excluding carboxylic acids is 3. The summed E-state index contributed by atoms with van der Waals surface area (Å²) < 4.78 is 9.93. The predicted molar refractivity (Wildman–Crippen MR) is 101 cm³/mol. The van der Waals surface area contributed by atoms with Gasteiger partial charge in [0, 0.05) is 18.4 Å². The van der Waals surface area contributed by atoms with Crippen LogP contribution < -0.4 is 0 Å². The molecule has 3 rings (SSSR count). The van der Waals surface area contributed by atoms with Crippen molar-refractivity contribution < 1.29 is 23.9 Å². The highest BCUT2D eigenvalue weighted by Gasteiger charge is 2.62. The van der Waals surface area contributed by atoms with Crippen molar-refractivity contribution >= 4 is 17.7 Å². The molecule has 0 aromatic rings. The predicted octanol–water partition coefficient (Wildman–Crippen LogP) is 3.71. The van der Waals surface area contributed by atoms with Crippen molar-refractivity contribution in [2.75, 3.05) is 14.2 Å². The van der Waals surface area contributed by atoms with Crippen LogP contribution in [0.4, 0.5) is 0 Å². The fraction of sp³-hybridized carbons (Fsp3) is 0.773. The number of Topliss-reactive ketones (excluding diaryl/α,β-unsaturated/α-hetero) is 1. The average molecular weight is 376 g/mol. The molecule has 3 saturated carbocycles. The van der Waals surface area contributed by atoms with Gasteiger partial charge in [-0.25, -0.2) is 4.79 Å². The quantitative estimate of drug-likeness (QED) is 0.543. The summed E-state index contributed by atoms with van der Waals surface area (Å²) in [5.74, 6) is -0.0488. The molecule has 0 aromatic heterocycles. The van der Waals surface area contributed by atoms with Gasteiger partial charge < -0.3 is 9.47 Å². The molecule has 0 spiro atoms. The van der Waals surface area contributed by atoms with E-state index < -0.39 is 5.41 Å². The van der Waals surface area contributed by atoms with E-state index in [1.54, 1.807) is 6.08 Å². The summed E-state index contributed by atoms with van der Waals surface area (Å²) in [5, 5.41) is 0. The van der Waals surface area contributed by atoms with Crippen LogP contribution in [0.3, 0.4) is 0 Å². The number of rotatable bonds is 2. The minimum atomic E-state index is -0.590. The van der Waals surface area contributed by atoms with E-state index in [0.29, 0.717) is 6.42 Å². The molecule has 0 aliphatic heterocycles. The van der Waals surface area contributed by atoms with Crippen molar-refractivity contribution in [3.63, 3.8) is 0 Å². The number of esters is 2. The minimum absolute atomic E-state index is 0.0262. The van der Waals surface area contributed by atoms with Crippen LogP contribution in [-0.4, -0.2) is 31.9 Å². The highest BCUT2D eigenvalue weighted by atomic mass is 16.5. The molecule has 1 unspecified atom stereocenters. The van der Waals surface area contributed by atoms with Gasteiger partial charge in [-0.2, -0.15) is 0 Å². The number of methoxy groups -OCH3 is 2. The number of ether oxygens (including phenoxy) is 2. The van der Waals surface area contributed by atoms with Gasteiger partial charge in [0.2, 0.25) is 0 Å². The van der Waals surface area contributed by atoms with Crippen LogP contribution in [0.15, 0.2) is 11.6 Å². The maximum absolute atomic E-state index is 13.2. The highest BCUT2D eigenvalue weighted by Crippen LogP contribution is 2.64. The van der Waals surface area contributed by atoms with Gasteiger partial charge in [0.05, 0.1) is 19.6 Å². The molecule has 0 saturated heterocycles. The zero-order valence-corrected chi connectivity index (χ0v) is 17.2. The Morgan fingerprint density at radius 3 is 2.48 bits per heavy atom. The Hall–Kier alpha value is -1.65. The van der Waals surface area contributed by atoms with Crippen LogP contribution in [0.2, 0.25) is 0 Å². The van der Waals surface area contributed by atoms with Crippen molar-refractivity contribution in [1.82, 2.24) is 0 Å². The fourth-order valence-electron chi connectivity index (χ4n) is 6.60. The third-order valence-corrected chi connectivity index (χ3v) is 8.06. The fourth-order valence-corrected chi connectivity index (χ4v) is 6.60. The van der Waals surface area contributed by atoms with Gasteiger partial charge in [-0.3, -0.25) is 9.59 Å². The van der Waals surface area contributed by atoms with Crippen LogP contribution in [0, 0.1) is 34.5 Å². The molecule has 0 amide bonds. The molecule has 0 heterocycles. The van der Waals surface area contributed by atoms with Gasteiger partial charge in [-0.15, -0.1) is 0 Å². The van der Waals surface area contributed by atoms with Crippen molar-refractivity contribution in [2.45, 2.75) is 59.3 Å². The Labute approximate surface area is 161 Å². The van der Waals surface area contributed by atoms with Gasteiger partial charge in [0.25, 0.3) is 0 Å². The van der Waals surface area contributed by atoms with E-state index >= 15 is 0 Å². The molecule has 0 aromatic carbocycles. The number of fused-ring (bicyclic) bond motifs is 3. The average Bonchev–Trinajstić information content (AvgIpc) is 2.64. The van der Waals surface area contributed by atoms with E-state index in [2.05, 4.69) is 13.8 Å². The van der Waals surface area contributed by atoms with Crippen molar-refractivity contribution in [1.29, 1.82) is 0 Å². The Morgan fingerprint density at radius 2 is 1.85 bits per heavy atom. The topological polar surface area (TPSA) is 69.7 Å². The molecule has 3 aliphatic carbocycles. The molecule has 0 N–H and O–H groups in total. The van der Waals surface area contributed by atoms with Crippen LogP contribution in [0.25, 0.3) is 0 Å². The first-order valence-electron chi connectivity index (χ1n) is 10.1. The second-order valence-electron chi connectivity index (χ2n) is 9.19. The van der Waals surface area contributed by atoms with Gasteiger partial charge in [-0.05, 0) is 55.8 Å². The molecule has 3 fully saturated rings. The van der Waals surface area contributed by atoms with E-state index in [4.69, 9.17) is 9.47 Å². The second-order valence-corrected chi connectivity index (χ2v) is 9.19. The summed E-state index contributed by atoms with van der Waals surface area (Å²) >= 11 is 0. The van der Waals surface area contributed by atoms with Crippen molar-refractivity contribution in [3.05, 3.63) is 11.6 Å².